The molecule has 210 valence electrons. The lowest BCUT2D eigenvalue weighted by Gasteiger charge is -2.19. The predicted octanol–water partition coefficient (Wildman–Crippen LogP) is 6.51. The number of anilines is 1. The quantitative estimate of drug-likeness (QED) is 0.254. The molecule has 0 fully saturated rings. The monoisotopic (exact) mass is 553 g/mol. The molecule has 0 aliphatic rings. The zero-order chi connectivity index (χ0) is 29.0. The summed E-state index contributed by atoms with van der Waals surface area (Å²) < 4.78 is 53.4. The highest BCUT2D eigenvalue weighted by atomic mass is 19.4. The Labute approximate surface area is 230 Å². The highest BCUT2D eigenvalue weighted by Crippen LogP contribution is 2.39. The molecule has 0 atom stereocenters. The summed E-state index contributed by atoms with van der Waals surface area (Å²) in [7, 11) is 2.92. The van der Waals surface area contributed by atoms with Crippen molar-refractivity contribution in [2.24, 2.45) is 5.92 Å². The van der Waals surface area contributed by atoms with Gasteiger partial charge < -0.3 is 14.8 Å². The zero-order valence-corrected chi connectivity index (χ0v) is 22.8. The number of hydrogen-bond acceptors (Lipinski definition) is 6. The van der Waals surface area contributed by atoms with Crippen LogP contribution in [-0.2, 0) is 12.6 Å². The maximum Gasteiger partial charge on any atom is 0.416 e. The predicted molar refractivity (Wildman–Crippen MR) is 145 cm³/mol. The van der Waals surface area contributed by atoms with Gasteiger partial charge in [0.15, 0.2) is 0 Å². The fourth-order valence-corrected chi connectivity index (χ4v) is 4.19. The van der Waals surface area contributed by atoms with Gasteiger partial charge in [0.25, 0.3) is 5.91 Å². The summed E-state index contributed by atoms with van der Waals surface area (Å²) in [6.07, 6.45) is 1.35. The maximum absolute atomic E-state index is 13.7. The summed E-state index contributed by atoms with van der Waals surface area (Å²) in [5.41, 5.74) is 2.34. The molecule has 0 saturated heterocycles. The molecule has 40 heavy (non-hydrogen) atoms. The third-order valence-corrected chi connectivity index (χ3v) is 6.39. The first-order valence-corrected chi connectivity index (χ1v) is 12.6. The number of amides is 1. The largest absolute Gasteiger partial charge is 0.495 e. The van der Waals surface area contributed by atoms with E-state index in [-0.39, 0.29) is 22.9 Å². The van der Waals surface area contributed by atoms with Crippen LogP contribution in [0.5, 0.6) is 11.5 Å². The van der Waals surface area contributed by atoms with Crippen LogP contribution in [-0.4, -0.2) is 40.1 Å². The second-order valence-corrected chi connectivity index (χ2v) is 9.76. The van der Waals surface area contributed by atoms with E-state index in [0.29, 0.717) is 41.1 Å². The van der Waals surface area contributed by atoms with Gasteiger partial charge in [-0.2, -0.15) is 13.2 Å². The lowest BCUT2D eigenvalue weighted by atomic mass is 9.98. The van der Waals surface area contributed by atoms with Gasteiger partial charge in [0.05, 0.1) is 43.6 Å². The number of carbonyl (C=O) groups is 1. The Balaban J connectivity index is 1.66. The van der Waals surface area contributed by atoms with Crippen molar-refractivity contribution in [3.05, 3.63) is 77.2 Å². The third-order valence-electron chi connectivity index (χ3n) is 6.39. The number of ether oxygens (including phenoxy) is 2. The topological polar surface area (TPSA) is 91.2 Å². The van der Waals surface area contributed by atoms with Crippen molar-refractivity contribution in [2.45, 2.75) is 39.8 Å². The smallest absolute Gasteiger partial charge is 0.416 e. The molecule has 0 unspecified atom stereocenters. The highest BCUT2D eigenvalue weighted by molar-refractivity contribution is 6.05. The number of aryl methyl sites for hydroxylation is 2. The number of carbonyl (C=O) groups excluding carboxylic acids is 1. The molecule has 0 radical (unpaired) electrons. The van der Waals surface area contributed by atoms with Crippen molar-refractivity contribution in [3.8, 4) is 28.4 Å². The van der Waals surface area contributed by atoms with Gasteiger partial charge in [0.1, 0.15) is 17.2 Å². The number of rotatable bonds is 9. The average molecular weight is 554 g/mol. The SMILES string of the molecule is COc1cncc(-c2cn(-c3cc(C(=O)Nc4cc(C(F)(F)F)cc(CCC(C)C)c4OC)ccc3C)nn2)c1. The molecule has 0 saturated carbocycles. The van der Waals surface area contributed by atoms with Crippen LogP contribution < -0.4 is 14.8 Å². The van der Waals surface area contributed by atoms with E-state index < -0.39 is 17.6 Å². The number of alkyl halides is 3. The van der Waals surface area contributed by atoms with Gasteiger partial charge in [-0.3, -0.25) is 9.78 Å². The fourth-order valence-electron chi connectivity index (χ4n) is 4.19. The summed E-state index contributed by atoms with van der Waals surface area (Å²) in [6, 6.07) is 8.69. The second kappa shape index (κ2) is 11.8. The van der Waals surface area contributed by atoms with Crippen molar-refractivity contribution in [3.63, 3.8) is 0 Å². The molecule has 0 spiro atoms. The first-order valence-electron chi connectivity index (χ1n) is 12.6. The summed E-state index contributed by atoms with van der Waals surface area (Å²) in [5, 5.41) is 11.0. The van der Waals surface area contributed by atoms with Crippen LogP contribution in [0.1, 0.15) is 47.3 Å². The zero-order valence-electron chi connectivity index (χ0n) is 22.8. The van der Waals surface area contributed by atoms with E-state index in [1.165, 1.54) is 11.8 Å². The molecule has 4 aromatic rings. The lowest BCUT2D eigenvalue weighted by Crippen LogP contribution is -2.16. The van der Waals surface area contributed by atoms with Gasteiger partial charge in [-0.25, -0.2) is 4.68 Å². The average Bonchev–Trinajstić information content (AvgIpc) is 3.41. The van der Waals surface area contributed by atoms with Crippen molar-refractivity contribution in [1.82, 2.24) is 20.0 Å². The van der Waals surface area contributed by atoms with E-state index in [0.717, 1.165) is 17.7 Å². The maximum atomic E-state index is 13.7. The Bertz CT molecular complexity index is 1520. The number of aromatic nitrogens is 4. The fraction of sp³-hybridized carbons (Fsp3) is 0.310. The van der Waals surface area contributed by atoms with E-state index in [9.17, 15) is 18.0 Å². The molecule has 4 rings (SSSR count). The lowest BCUT2D eigenvalue weighted by molar-refractivity contribution is -0.137. The third kappa shape index (κ3) is 6.41. The van der Waals surface area contributed by atoms with E-state index >= 15 is 0 Å². The van der Waals surface area contributed by atoms with Gasteiger partial charge in [-0.1, -0.05) is 25.1 Å². The molecule has 0 bridgehead atoms. The summed E-state index contributed by atoms with van der Waals surface area (Å²) in [5.74, 6) is 0.466. The van der Waals surface area contributed by atoms with Gasteiger partial charge in [-0.05, 0) is 67.1 Å². The van der Waals surface area contributed by atoms with Crippen molar-refractivity contribution >= 4 is 11.6 Å². The number of nitrogens with one attached hydrogen (secondary N) is 1. The summed E-state index contributed by atoms with van der Waals surface area (Å²) in [6.45, 7) is 5.83. The molecule has 8 nitrogen and oxygen atoms in total. The molecular weight excluding hydrogens is 523 g/mol. The normalized spacial score (nSPS) is 11.5. The Hall–Kier alpha value is -4.41. The Morgan fingerprint density at radius 2 is 1.85 bits per heavy atom. The molecule has 2 aromatic carbocycles. The van der Waals surface area contributed by atoms with Gasteiger partial charge in [-0.15, -0.1) is 5.10 Å². The van der Waals surface area contributed by atoms with Gasteiger partial charge in [0.2, 0.25) is 0 Å². The second-order valence-electron chi connectivity index (χ2n) is 9.76. The van der Waals surface area contributed by atoms with Crippen LogP contribution in [0.25, 0.3) is 16.9 Å². The van der Waals surface area contributed by atoms with Crippen LogP contribution in [0.3, 0.4) is 0 Å². The molecular formula is C29H30F3N5O3. The van der Waals surface area contributed by atoms with E-state index in [4.69, 9.17) is 9.47 Å². The number of benzene rings is 2. The minimum absolute atomic E-state index is 0.0447. The van der Waals surface area contributed by atoms with Crippen LogP contribution in [0.2, 0.25) is 0 Å². The Kier molecular flexibility index (Phi) is 8.41. The summed E-state index contributed by atoms with van der Waals surface area (Å²) in [4.78, 5) is 17.4. The standard InChI is InChI=1S/C29H30F3N5O3/c1-17(2)6-8-19-10-22(29(30,31)32)13-24(27(19)40-5)34-28(38)20-9-7-18(3)26(12-20)37-16-25(35-36-37)21-11-23(39-4)15-33-14-21/h7,9-17H,6,8H2,1-5H3,(H,34,38). The number of methoxy groups -OCH3 is 2. The summed E-state index contributed by atoms with van der Waals surface area (Å²) >= 11 is 0. The first-order chi connectivity index (χ1) is 19.0. The van der Waals surface area contributed by atoms with Gasteiger partial charge >= 0.3 is 6.18 Å². The molecule has 1 amide bonds. The van der Waals surface area contributed by atoms with Gasteiger partial charge in [0, 0.05) is 17.3 Å². The number of hydrogen-bond donors (Lipinski definition) is 1. The Morgan fingerprint density at radius 3 is 2.52 bits per heavy atom. The number of nitrogens with zero attached hydrogens (tertiary/aromatic N) is 4. The van der Waals surface area contributed by atoms with Crippen molar-refractivity contribution in [1.29, 1.82) is 0 Å². The van der Waals surface area contributed by atoms with Crippen molar-refractivity contribution in [2.75, 3.05) is 19.5 Å². The molecule has 0 aliphatic heterocycles. The Morgan fingerprint density at radius 1 is 1.07 bits per heavy atom. The minimum Gasteiger partial charge on any atom is -0.495 e. The molecule has 2 heterocycles. The molecule has 11 heteroatoms. The number of pyridine rings is 1. The van der Waals surface area contributed by atoms with E-state index in [2.05, 4.69) is 20.6 Å². The van der Waals surface area contributed by atoms with Crippen LogP contribution in [0.15, 0.2) is 55.0 Å². The number of halogens is 3. The van der Waals surface area contributed by atoms with Crippen molar-refractivity contribution < 1.29 is 27.4 Å². The van der Waals surface area contributed by atoms with Crippen LogP contribution >= 0.6 is 0 Å². The highest BCUT2D eigenvalue weighted by Gasteiger charge is 2.33. The van der Waals surface area contributed by atoms with E-state index in [1.807, 2.05) is 20.8 Å². The molecule has 2 aromatic heterocycles. The van der Waals surface area contributed by atoms with Crippen LogP contribution in [0, 0.1) is 12.8 Å². The first kappa shape index (κ1) is 28.6. The molecule has 1 N–H and O–H groups in total. The molecule has 0 aliphatic carbocycles. The van der Waals surface area contributed by atoms with Crippen LogP contribution in [0.4, 0.5) is 18.9 Å². The minimum atomic E-state index is -4.58. The van der Waals surface area contributed by atoms with E-state index in [1.54, 1.807) is 50.0 Å².